The maximum Gasteiger partial charge on any atom is 0.306 e. The topological polar surface area (TPSA) is 78.9 Å². The third-order valence-electron chi connectivity index (χ3n) is 15.9. The van der Waals surface area contributed by atoms with Gasteiger partial charge in [-0.05, 0) is 83.5 Å². The van der Waals surface area contributed by atoms with Crippen LogP contribution < -0.4 is 0 Å². The Hall–Kier alpha value is -3.15. The lowest BCUT2D eigenvalue weighted by molar-refractivity contribution is -0.167. The highest BCUT2D eigenvalue weighted by molar-refractivity contribution is 5.71. The first kappa shape index (κ1) is 78.8. The van der Waals surface area contributed by atoms with E-state index in [1.165, 1.54) is 225 Å². The summed E-state index contributed by atoms with van der Waals surface area (Å²) in [6.07, 6.45) is 92.3. The molecule has 6 heteroatoms. The van der Waals surface area contributed by atoms with Gasteiger partial charge in [-0.1, -0.05) is 344 Å². The van der Waals surface area contributed by atoms with Crippen molar-refractivity contribution in [1.29, 1.82) is 0 Å². The van der Waals surface area contributed by atoms with Crippen molar-refractivity contribution in [2.45, 2.75) is 380 Å². The number of unbranched alkanes of at least 4 members (excludes halogenated alkanes) is 43. The Kier molecular flexibility index (Phi) is 67.6. The van der Waals surface area contributed by atoms with E-state index in [0.717, 1.165) is 109 Å². The highest BCUT2D eigenvalue weighted by Crippen LogP contribution is 2.18. The van der Waals surface area contributed by atoms with Gasteiger partial charge in [-0.25, -0.2) is 0 Å². The van der Waals surface area contributed by atoms with Crippen LogP contribution in [0.5, 0.6) is 0 Å². The second-order valence-electron chi connectivity index (χ2n) is 24.1. The summed E-state index contributed by atoms with van der Waals surface area (Å²) in [5.41, 5.74) is 0. The van der Waals surface area contributed by atoms with E-state index in [9.17, 15) is 14.4 Å². The van der Waals surface area contributed by atoms with Crippen LogP contribution in [0.4, 0.5) is 0 Å². The molecule has 0 aromatic carbocycles. The van der Waals surface area contributed by atoms with E-state index >= 15 is 0 Å². The molecule has 0 fully saturated rings. The molecule has 0 amide bonds. The lowest BCUT2D eigenvalue weighted by Crippen LogP contribution is -2.30. The predicted molar refractivity (Wildman–Crippen MR) is 358 cm³/mol. The van der Waals surface area contributed by atoms with E-state index in [4.69, 9.17) is 14.2 Å². The lowest BCUT2D eigenvalue weighted by Gasteiger charge is -2.18. The van der Waals surface area contributed by atoms with Gasteiger partial charge >= 0.3 is 17.9 Å². The largest absolute Gasteiger partial charge is 0.462 e. The second-order valence-corrected chi connectivity index (χ2v) is 24.1. The number of hydrogen-bond donors (Lipinski definition) is 0. The Morgan fingerprint density at radius 2 is 0.500 bits per heavy atom. The van der Waals surface area contributed by atoms with Crippen LogP contribution in [0.15, 0.2) is 72.9 Å². The van der Waals surface area contributed by atoms with Crippen molar-refractivity contribution in [3.05, 3.63) is 72.9 Å². The fourth-order valence-electron chi connectivity index (χ4n) is 10.6. The first-order valence-corrected chi connectivity index (χ1v) is 35.9. The van der Waals surface area contributed by atoms with E-state index in [2.05, 4.69) is 93.7 Å². The van der Waals surface area contributed by atoms with Crippen LogP contribution in [0.1, 0.15) is 374 Å². The van der Waals surface area contributed by atoms with E-state index in [0.29, 0.717) is 19.3 Å². The molecule has 0 rings (SSSR count). The molecule has 0 aromatic rings. The normalized spacial score (nSPS) is 12.5. The van der Waals surface area contributed by atoms with Gasteiger partial charge in [0.15, 0.2) is 6.10 Å². The quantitative estimate of drug-likeness (QED) is 0.0261. The predicted octanol–water partition coefficient (Wildman–Crippen LogP) is 24.8. The molecule has 476 valence electrons. The van der Waals surface area contributed by atoms with Gasteiger partial charge < -0.3 is 14.2 Å². The molecule has 6 nitrogen and oxygen atoms in total. The number of ether oxygens (including phenoxy) is 3. The van der Waals surface area contributed by atoms with Gasteiger partial charge in [0, 0.05) is 19.3 Å². The summed E-state index contributed by atoms with van der Waals surface area (Å²) in [5.74, 6) is -0.864. The van der Waals surface area contributed by atoms with Crippen LogP contribution in [0.25, 0.3) is 0 Å². The smallest absolute Gasteiger partial charge is 0.306 e. The molecule has 0 saturated carbocycles. The molecule has 0 bridgehead atoms. The van der Waals surface area contributed by atoms with Crippen molar-refractivity contribution < 1.29 is 28.6 Å². The molecular formula is C76H136O6. The van der Waals surface area contributed by atoms with Crippen LogP contribution in [-0.4, -0.2) is 37.2 Å². The Bertz CT molecular complexity index is 1500. The number of carbonyl (C=O) groups excluding carboxylic acids is 3. The van der Waals surface area contributed by atoms with Crippen molar-refractivity contribution in [2.24, 2.45) is 0 Å². The molecule has 1 atom stereocenters. The highest BCUT2D eigenvalue weighted by atomic mass is 16.6. The van der Waals surface area contributed by atoms with Crippen LogP contribution >= 0.6 is 0 Å². The minimum Gasteiger partial charge on any atom is -0.462 e. The Morgan fingerprint density at radius 1 is 0.256 bits per heavy atom. The molecule has 0 aliphatic heterocycles. The van der Waals surface area contributed by atoms with E-state index in [-0.39, 0.29) is 31.1 Å². The number of esters is 3. The Morgan fingerprint density at radius 3 is 0.793 bits per heavy atom. The van der Waals surface area contributed by atoms with E-state index < -0.39 is 6.10 Å². The molecule has 0 aliphatic carbocycles. The van der Waals surface area contributed by atoms with Crippen molar-refractivity contribution >= 4 is 17.9 Å². The molecule has 0 saturated heterocycles. The van der Waals surface area contributed by atoms with Crippen LogP contribution in [0.2, 0.25) is 0 Å². The van der Waals surface area contributed by atoms with Gasteiger partial charge in [-0.2, -0.15) is 0 Å². The van der Waals surface area contributed by atoms with Crippen molar-refractivity contribution in [3.8, 4) is 0 Å². The average Bonchev–Trinajstić information content (AvgIpc) is 3.47. The van der Waals surface area contributed by atoms with Gasteiger partial charge in [0.05, 0.1) is 0 Å². The van der Waals surface area contributed by atoms with Crippen molar-refractivity contribution in [2.75, 3.05) is 13.2 Å². The summed E-state index contributed by atoms with van der Waals surface area (Å²) in [4.78, 5) is 38.4. The van der Waals surface area contributed by atoms with Crippen LogP contribution in [0, 0.1) is 0 Å². The molecule has 0 aliphatic rings. The van der Waals surface area contributed by atoms with Gasteiger partial charge in [0.1, 0.15) is 13.2 Å². The van der Waals surface area contributed by atoms with Gasteiger partial charge in [-0.3, -0.25) is 14.4 Å². The average molecular weight is 1150 g/mol. The zero-order valence-corrected chi connectivity index (χ0v) is 54.8. The molecule has 0 spiro atoms. The monoisotopic (exact) mass is 1150 g/mol. The van der Waals surface area contributed by atoms with Gasteiger partial charge in [-0.15, -0.1) is 0 Å². The first-order chi connectivity index (χ1) is 40.5. The standard InChI is InChI=1S/C76H136O6/c1-4-7-10-13-16-19-22-25-27-29-31-33-34-35-36-37-38-39-40-41-42-43-45-46-48-51-54-57-60-63-66-69-75(78)81-72-73(71-80-74(77)68-65-62-59-56-53-50-24-21-18-15-12-9-6-3)82-76(79)70-67-64-61-58-55-52-49-47-44-32-30-28-26-23-20-17-14-11-8-5-2/h7,10,12,15-16,19,21,24-25,27,31,33,73H,4-6,8-9,11,13-14,17-18,20,22-23,26,28-30,32,34-72H2,1-3H3/b10-7-,15-12-,19-16-,24-21-,27-25-,33-31-. The summed E-state index contributed by atoms with van der Waals surface area (Å²) in [6, 6.07) is 0. The zero-order valence-electron chi connectivity index (χ0n) is 54.8. The van der Waals surface area contributed by atoms with E-state index in [1.807, 2.05) is 0 Å². The van der Waals surface area contributed by atoms with Gasteiger partial charge in [0.2, 0.25) is 0 Å². The third kappa shape index (κ3) is 67.6. The van der Waals surface area contributed by atoms with E-state index in [1.54, 1.807) is 0 Å². The third-order valence-corrected chi connectivity index (χ3v) is 15.9. The highest BCUT2D eigenvalue weighted by Gasteiger charge is 2.19. The molecular weight excluding hydrogens is 1010 g/mol. The molecule has 1 unspecified atom stereocenters. The Labute approximate surface area is 510 Å². The zero-order chi connectivity index (χ0) is 59.2. The number of carbonyl (C=O) groups is 3. The maximum absolute atomic E-state index is 12.9. The second kappa shape index (κ2) is 70.3. The SMILES string of the molecule is CC/C=C\C/C=C\C/C=C\C/C=C\CCCCCCCCCCCCCCCCCCCCC(=O)OCC(COC(=O)CCCCCCC/C=C\C/C=C\CCC)OC(=O)CCCCCCCCCCCCCCCCCCCCCC. The summed E-state index contributed by atoms with van der Waals surface area (Å²) in [7, 11) is 0. The first-order valence-electron chi connectivity index (χ1n) is 35.9. The fraction of sp³-hybridized carbons (Fsp3) is 0.803. The van der Waals surface area contributed by atoms with Crippen molar-refractivity contribution in [1.82, 2.24) is 0 Å². The number of rotatable bonds is 66. The molecule has 0 radical (unpaired) electrons. The van der Waals surface area contributed by atoms with Crippen LogP contribution in [0.3, 0.4) is 0 Å². The lowest BCUT2D eigenvalue weighted by atomic mass is 10.0. The molecule has 0 heterocycles. The number of hydrogen-bond acceptors (Lipinski definition) is 6. The molecule has 82 heavy (non-hydrogen) atoms. The maximum atomic E-state index is 12.9. The van der Waals surface area contributed by atoms with Crippen LogP contribution in [-0.2, 0) is 28.6 Å². The summed E-state index contributed by atoms with van der Waals surface area (Å²) in [6.45, 7) is 6.51. The fourth-order valence-corrected chi connectivity index (χ4v) is 10.6. The van der Waals surface area contributed by atoms with Gasteiger partial charge in [0.25, 0.3) is 0 Å². The number of allylic oxidation sites excluding steroid dienone is 12. The summed E-state index contributed by atoms with van der Waals surface area (Å²) in [5, 5.41) is 0. The summed E-state index contributed by atoms with van der Waals surface area (Å²) >= 11 is 0. The molecule has 0 N–H and O–H groups in total. The molecule has 0 aromatic heterocycles. The minimum absolute atomic E-state index is 0.0742. The summed E-state index contributed by atoms with van der Waals surface area (Å²) < 4.78 is 17.0. The van der Waals surface area contributed by atoms with Crippen molar-refractivity contribution in [3.63, 3.8) is 0 Å². The Balaban J connectivity index is 4.18. The minimum atomic E-state index is -0.779.